The van der Waals surface area contributed by atoms with Crippen molar-refractivity contribution in [2.24, 2.45) is 0 Å². The zero-order valence-electron chi connectivity index (χ0n) is 8.82. The third kappa shape index (κ3) is 4.26. The van der Waals surface area contributed by atoms with E-state index in [1.54, 1.807) is 0 Å². The molecule has 4 heteroatoms. The summed E-state index contributed by atoms with van der Waals surface area (Å²) in [5, 5.41) is 2.14. The molecule has 1 aromatic rings. The SMILES string of the molecule is C[N+](C)(C)CCSC(=O)c1cccs1. The van der Waals surface area contributed by atoms with Crippen LogP contribution in [0.2, 0.25) is 0 Å². The van der Waals surface area contributed by atoms with Gasteiger partial charge in [-0.3, -0.25) is 4.79 Å². The Bertz CT molecular complexity index is 288. The maximum absolute atomic E-state index is 11.6. The van der Waals surface area contributed by atoms with E-state index in [4.69, 9.17) is 0 Å². The fourth-order valence-corrected chi connectivity index (χ4v) is 2.79. The highest BCUT2D eigenvalue weighted by atomic mass is 32.2. The van der Waals surface area contributed by atoms with Crippen molar-refractivity contribution in [1.82, 2.24) is 0 Å². The summed E-state index contributed by atoms with van der Waals surface area (Å²) in [6, 6.07) is 3.80. The summed E-state index contributed by atoms with van der Waals surface area (Å²) in [4.78, 5) is 12.4. The molecule has 0 N–H and O–H groups in total. The minimum absolute atomic E-state index is 0.202. The number of carbonyl (C=O) groups is 1. The van der Waals surface area contributed by atoms with Gasteiger partial charge >= 0.3 is 0 Å². The topological polar surface area (TPSA) is 17.1 Å². The molecule has 78 valence electrons. The third-order valence-electron chi connectivity index (χ3n) is 1.72. The van der Waals surface area contributed by atoms with Crippen molar-refractivity contribution in [2.75, 3.05) is 33.4 Å². The molecule has 0 spiro atoms. The summed E-state index contributed by atoms with van der Waals surface area (Å²) in [5.41, 5.74) is 0. The lowest BCUT2D eigenvalue weighted by molar-refractivity contribution is -0.867. The summed E-state index contributed by atoms with van der Waals surface area (Å²) in [6.07, 6.45) is 0. The maximum atomic E-state index is 11.6. The van der Waals surface area contributed by atoms with Gasteiger partial charge in [-0.2, -0.15) is 0 Å². The van der Waals surface area contributed by atoms with E-state index >= 15 is 0 Å². The van der Waals surface area contributed by atoms with E-state index in [0.29, 0.717) is 0 Å². The van der Waals surface area contributed by atoms with Gasteiger partial charge in [0, 0.05) is 0 Å². The number of hydrogen-bond acceptors (Lipinski definition) is 3. The third-order valence-corrected chi connectivity index (χ3v) is 3.58. The van der Waals surface area contributed by atoms with Crippen LogP contribution in [0.25, 0.3) is 0 Å². The van der Waals surface area contributed by atoms with Gasteiger partial charge in [-0.1, -0.05) is 17.8 Å². The first-order valence-electron chi connectivity index (χ1n) is 4.50. The van der Waals surface area contributed by atoms with Crippen LogP contribution in [0.4, 0.5) is 0 Å². The molecular weight excluding hydrogens is 214 g/mol. The second-order valence-corrected chi connectivity index (χ2v) is 6.14. The molecule has 1 aromatic heterocycles. The Balaban J connectivity index is 2.30. The molecule has 0 fully saturated rings. The van der Waals surface area contributed by atoms with Gasteiger partial charge in [0.25, 0.3) is 0 Å². The minimum atomic E-state index is 0.202. The smallest absolute Gasteiger partial charge is 0.229 e. The number of carbonyl (C=O) groups excluding carboxylic acids is 1. The van der Waals surface area contributed by atoms with Crippen LogP contribution >= 0.6 is 23.1 Å². The van der Waals surface area contributed by atoms with Crippen LogP contribution in [-0.2, 0) is 0 Å². The Labute approximate surface area is 93.5 Å². The van der Waals surface area contributed by atoms with Crippen LogP contribution < -0.4 is 0 Å². The first-order valence-corrected chi connectivity index (χ1v) is 6.37. The predicted molar refractivity (Wildman–Crippen MR) is 64.0 cm³/mol. The van der Waals surface area contributed by atoms with Gasteiger partial charge in [-0.25, -0.2) is 0 Å². The Kier molecular flexibility index (Phi) is 4.16. The average Bonchev–Trinajstić information content (AvgIpc) is 2.53. The molecule has 1 heterocycles. The lowest BCUT2D eigenvalue weighted by Gasteiger charge is -2.23. The second-order valence-electron chi connectivity index (χ2n) is 4.13. The molecular formula is C10H16NOS2+. The number of hydrogen-bond donors (Lipinski definition) is 0. The summed E-state index contributed by atoms with van der Waals surface area (Å²) in [5.74, 6) is 0.889. The van der Waals surface area contributed by atoms with Gasteiger partial charge < -0.3 is 4.48 Å². The van der Waals surface area contributed by atoms with Crippen LogP contribution in [0.15, 0.2) is 17.5 Å². The number of nitrogens with zero attached hydrogens (tertiary/aromatic N) is 1. The molecule has 0 saturated carbocycles. The summed E-state index contributed by atoms with van der Waals surface area (Å²) in [6.45, 7) is 1.02. The van der Waals surface area contributed by atoms with Crippen molar-refractivity contribution in [3.05, 3.63) is 22.4 Å². The number of quaternary nitrogens is 1. The monoisotopic (exact) mass is 230 g/mol. The lowest BCUT2D eigenvalue weighted by atomic mass is 10.5. The molecule has 0 aromatic carbocycles. The van der Waals surface area contributed by atoms with E-state index in [2.05, 4.69) is 21.1 Å². The minimum Gasteiger partial charge on any atom is -0.330 e. The molecule has 0 saturated heterocycles. The zero-order chi connectivity index (χ0) is 10.6. The molecule has 0 bridgehead atoms. The highest BCUT2D eigenvalue weighted by Crippen LogP contribution is 2.17. The number of thiophene rings is 1. The first-order chi connectivity index (χ1) is 6.49. The van der Waals surface area contributed by atoms with E-state index in [9.17, 15) is 4.79 Å². The molecule has 0 aliphatic rings. The van der Waals surface area contributed by atoms with Crippen molar-refractivity contribution in [2.45, 2.75) is 0 Å². The molecule has 0 aliphatic carbocycles. The van der Waals surface area contributed by atoms with E-state index in [1.165, 1.54) is 23.1 Å². The zero-order valence-corrected chi connectivity index (χ0v) is 10.5. The lowest BCUT2D eigenvalue weighted by Crippen LogP contribution is -2.36. The molecule has 0 radical (unpaired) electrons. The van der Waals surface area contributed by atoms with Crippen LogP contribution in [0.1, 0.15) is 9.67 Å². The van der Waals surface area contributed by atoms with Crippen LogP contribution in [0.5, 0.6) is 0 Å². The van der Waals surface area contributed by atoms with Crippen LogP contribution in [0, 0.1) is 0 Å². The Hall–Kier alpha value is -0.320. The Morgan fingerprint density at radius 1 is 1.50 bits per heavy atom. The molecule has 0 aliphatic heterocycles. The van der Waals surface area contributed by atoms with Gasteiger partial charge in [0.1, 0.15) is 0 Å². The van der Waals surface area contributed by atoms with Crippen molar-refractivity contribution < 1.29 is 9.28 Å². The molecule has 0 amide bonds. The summed E-state index contributed by atoms with van der Waals surface area (Å²) in [7, 11) is 6.41. The number of rotatable bonds is 4. The van der Waals surface area contributed by atoms with Crippen molar-refractivity contribution in [3.63, 3.8) is 0 Å². The standard InChI is InChI=1S/C10H16NOS2/c1-11(2,3)6-8-14-10(12)9-5-4-7-13-9/h4-5,7H,6,8H2,1-3H3/q+1. The quantitative estimate of drug-likeness (QED) is 0.739. The van der Waals surface area contributed by atoms with Crippen LogP contribution in [-0.4, -0.2) is 43.0 Å². The Morgan fingerprint density at radius 3 is 2.71 bits per heavy atom. The average molecular weight is 230 g/mol. The van der Waals surface area contributed by atoms with Gasteiger partial charge in [0.15, 0.2) is 0 Å². The maximum Gasteiger partial charge on any atom is 0.229 e. The Morgan fingerprint density at radius 2 is 2.21 bits per heavy atom. The molecule has 0 atom stereocenters. The van der Waals surface area contributed by atoms with E-state index in [1.807, 2.05) is 17.5 Å². The predicted octanol–water partition coefficient (Wildman–Crippen LogP) is 2.33. The summed E-state index contributed by atoms with van der Waals surface area (Å²) < 4.78 is 0.907. The van der Waals surface area contributed by atoms with Crippen LogP contribution in [0.3, 0.4) is 0 Å². The van der Waals surface area contributed by atoms with Gasteiger partial charge in [0.05, 0.1) is 38.3 Å². The fraction of sp³-hybridized carbons (Fsp3) is 0.500. The van der Waals surface area contributed by atoms with Crippen molar-refractivity contribution >= 4 is 28.2 Å². The fourth-order valence-electron chi connectivity index (χ4n) is 0.878. The molecule has 0 unspecified atom stereocenters. The highest BCUT2D eigenvalue weighted by molar-refractivity contribution is 8.14. The van der Waals surface area contributed by atoms with E-state index < -0.39 is 0 Å². The molecule has 2 nitrogen and oxygen atoms in total. The molecule has 14 heavy (non-hydrogen) atoms. The van der Waals surface area contributed by atoms with E-state index in [-0.39, 0.29) is 5.12 Å². The van der Waals surface area contributed by atoms with Crippen molar-refractivity contribution in [3.8, 4) is 0 Å². The largest absolute Gasteiger partial charge is 0.330 e. The van der Waals surface area contributed by atoms with Gasteiger partial charge in [-0.05, 0) is 11.4 Å². The highest BCUT2D eigenvalue weighted by Gasteiger charge is 2.11. The normalized spacial score (nSPS) is 11.6. The van der Waals surface area contributed by atoms with Crippen molar-refractivity contribution in [1.29, 1.82) is 0 Å². The van der Waals surface area contributed by atoms with E-state index in [0.717, 1.165) is 21.7 Å². The first kappa shape index (κ1) is 11.8. The van der Waals surface area contributed by atoms with Gasteiger partial charge in [-0.15, -0.1) is 11.3 Å². The second kappa shape index (κ2) is 4.96. The molecule has 1 rings (SSSR count). The summed E-state index contributed by atoms with van der Waals surface area (Å²) >= 11 is 2.93. The number of thioether (sulfide) groups is 1. The van der Waals surface area contributed by atoms with Gasteiger partial charge in [0.2, 0.25) is 5.12 Å².